The van der Waals surface area contributed by atoms with Gasteiger partial charge in [-0.05, 0) is 25.5 Å². The van der Waals surface area contributed by atoms with Crippen LogP contribution in [0, 0.1) is 0 Å². The topological polar surface area (TPSA) is 88.9 Å². The Morgan fingerprint density at radius 3 is 3.00 bits per heavy atom. The molecule has 1 aromatic heterocycles. The molecule has 0 saturated heterocycles. The number of carbonyl (C=O) groups excluding carboxylic acids is 2. The number of nitrogens with zero attached hydrogens (tertiary/aromatic N) is 3. The Morgan fingerprint density at radius 1 is 1.32 bits per heavy atom. The number of hydrogen-bond acceptors (Lipinski definition) is 4. The Hall–Kier alpha value is -2.70. The van der Waals surface area contributed by atoms with Crippen LogP contribution < -0.4 is 10.6 Å². The van der Waals surface area contributed by atoms with Crippen LogP contribution in [0.1, 0.15) is 35.4 Å². The molecule has 1 aliphatic heterocycles. The van der Waals surface area contributed by atoms with Crippen LogP contribution in [0.3, 0.4) is 0 Å². The van der Waals surface area contributed by atoms with Crippen molar-refractivity contribution in [1.29, 1.82) is 0 Å². The molecule has 0 radical (unpaired) electrons. The van der Waals surface area contributed by atoms with Crippen LogP contribution in [0.15, 0.2) is 24.3 Å². The predicted molar refractivity (Wildman–Crippen MR) is 80.6 cm³/mol. The molecule has 7 nitrogen and oxygen atoms in total. The van der Waals surface area contributed by atoms with Gasteiger partial charge in [-0.3, -0.25) is 4.79 Å². The van der Waals surface area contributed by atoms with Crippen molar-refractivity contribution in [2.45, 2.75) is 32.9 Å². The van der Waals surface area contributed by atoms with E-state index in [9.17, 15) is 9.59 Å². The fourth-order valence-electron chi connectivity index (χ4n) is 2.49. The van der Waals surface area contributed by atoms with Gasteiger partial charge in [-0.15, -0.1) is 10.2 Å². The van der Waals surface area contributed by atoms with Gasteiger partial charge in [0.05, 0.1) is 6.54 Å². The Morgan fingerprint density at radius 2 is 2.18 bits per heavy atom. The molecule has 3 rings (SSSR count). The number of rotatable bonds is 4. The number of fused-ring (bicyclic) bond motifs is 1. The third-order valence-corrected chi connectivity index (χ3v) is 3.62. The van der Waals surface area contributed by atoms with Crippen LogP contribution in [-0.2, 0) is 19.5 Å². The van der Waals surface area contributed by atoms with E-state index in [1.54, 1.807) is 24.3 Å². The molecular weight excluding hydrogens is 282 g/mol. The van der Waals surface area contributed by atoms with Gasteiger partial charge in [0, 0.05) is 24.2 Å². The lowest BCUT2D eigenvalue weighted by molar-refractivity contribution is 0.101. The summed E-state index contributed by atoms with van der Waals surface area (Å²) in [7, 11) is 0. The van der Waals surface area contributed by atoms with Gasteiger partial charge in [-0.1, -0.05) is 12.1 Å². The summed E-state index contributed by atoms with van der Waals surface area (Å²) < 4.78 is 2.04. The smallest absolute Gasteiger partial charge is 0.319 e. The normalized spacial score (nSPS) is 12.8. The van der Waals surface area contributed by atoms with Crippen molar-refractivity contribution in [3.63, 3.8) is 0 Å². The maximum Gasteiger partial charge on any atom is 0.319 e. The molecule has 2 aromatic rings. The van der Waals surface area contributed by atoms with Crippen molar-refractivity contribution >= 4 is 17.5 Å². The molecule has 1 aromatic carbocycles. The van der Waals surface area contributed by atoms with Crippen molar-refractivity contribution in [2.24, 2.45) is 0 Å². The fraction of sp³-hybridized carbons (Fsp3) is 0.333. The molecule has 0 aliphatic carbocycles. The van der Waals surface area contributed by atoms with Crippen LogP contribution in [-0.4, -0.2) is 26.6 Å². The largest absolute Gasteiger partial charge is 0.331 e. The van der Waals surface area contributed by atoms with Crippen LogP contribution in [0.5, 0.6) is 0 Å². The number of Topliss-reactive ketones (excluding diaryl/α,β-unsaturated/α-hetero) is 1. The molecule has 2 heterocycles. The van der Waals surface area contributed by atoms with Gasteiger partial charge in [0.2, 0.25) is 0 Å². The lowest BCUT2D eigenvalue weighted by Crippen LogP contribution is -2.29. The van der Waals surface area contributed by atoms with Gasteiger partial charge >= 0.3 is 6.03 Å². The number of urea groups is 1. The first kappa shape index (κ1) is 14.2. The van der Waals surface area contributed by atoms with Crippen LogP contribution in [0.25, 0.3) is 0 Å². The van der Waals surface area contributed by atoms with Crippen molar-refractivity contribution in [1.82, 2.24) is 20.1 Å². The first-order chi connectivity index (χ1) is 10.6. The van der Waals surface area contributed by atoms with Crippen LogP contribution >= 0.6 is 0 Å². The molecule has 22 heavy (non-hydrogen) atoms. The molecule has 0 spiro atoms. The van der Waals surface area contributed by atoms with E-state index in [1.165, 1.54) is 6.92 Å². The molecule has 7 heteroatoms. The number of nitrogens with one attached hydrogen (secondary N) is 2. The Labute approximate surface area is 127 Å². The van der Waals surface area contributed by atoms with E-state index in [0.29, 0.717) is 17.8 Å². The quantitative estimate of drug-likeness (QED) is 0.842. The summed E-state index contributed by atoms with van der Waals surface area (Å²) in [5.41, 5.74) is 1.14. The lowest BCUT2D eigenvalue weighted by Gasteiger charge is -2.08. The van der Waals surface area contributed by atoms with Gasteiger partial charge in [0.15, 0.2) is 11.6 Å². The summed E-state index contributed by atoms with van der Waals surface area (Å²) in [6, 6.07) is 6.50. The van der Waals surface area contributed by atoms with E-state index >= 15 is 0 Å². The summed E-state index contributed by atoms with van der Waals surface area (Å²) in [5, 5.41) is 13.6. The van der Waals surface area contributed by atoms with Crippen LogP contribution in [0.2, 0.25) is 0 Å². The highest BCUT2D eigenvalue weighted by atomic mass is 16.2. The summed E-state index contributed by atoms with van der Waals surface area (Å²) in [6.45, 7) is 2.72. The Bertz CT molecular complexity index is 722. The summed E-state index contributed by atoms with van der Waals surface area (Å²) in [5.74, 6) is 1.70. The van der Waals surface area contributed by atoms with E-state index in [-0.39, 0.29) is 11.8 Å². The number of aromatic nitrogens is 3. The van der Waals surface area contributed by atoms with Gasteiger partial charge in [0.1, 0.15) is 5.82 Å². The third-order valence-electron chi connectivity index (χ3n) is 3.62. The summed E-state index contributed by atoms with van der Waals surface area (Å²) in [4.78, 5) is 23.3. The van der Waals surface area contributed by atoms with E-state index in [1.807, 2.05) is 4.57 Å². The molecule has 0 bridgehead atoms. The minimum atomic E-state index is -0.337. The highest BCUT2D eigenvalue weighted by Crippen LogP contribution is 2.14. The molecule has 0 atom stereocenters. The standard InChI is InChI=1S/C15H17N5O2/c1-10(21)11-4-2-5-12(8-11)17-15(22)16-9-14-19-18-13-6-3-7-20(13)14/h2,4-5,8H,3,6-7,9H2,1H3,(H2,16,17,22). The zero-order valence-electron chi connectivity index (χ0n) is 12.3. The monoisotopic (exact) mass is 299 g/mol. The number of benzene rings is 1. The fourth-order valence-corrected chi connectivity index (χ4v) is 2.49. The molecule has 1 aliphatic rings. The zero-order valence-corrected chi connectivity index (χ0v) is 12.3. The first-order valence-corrected chi connectivity index (χ1v) is 7.20. The molecule has 0 saturated carbocycles. The van der Waals surface area contributed by atoms with Gasteiger partial charge in [0.25, 0.3) is 0 Å². The lowest BCUT2D eigenvalue weighted by atomic mass is 10.1. The number of aryl methyl sites for hydroxylation is 1. The van der Waals surface area contributed by atoms with Crippen molar-refractivity contribution in [3.8, 4) is 0 Å². The molecule has 0 fully saturated rings. The van der Waals surface area contributed by atoms with Gasteiger partial charge in [-0.2, -0.15) is 0 Å². The van der Waals surface area contributed by atoms with E-state index in [0.717, 1.165) is 31.0 Å². The summed E-state index contributed by atoms with van der Waals surface area (Å²) >= 11 is 0. The Balaban J connectivity index is 1.58. The molecular formula is C15H17N5O2. The maximum atomic E-state index is 11.9. The van der Waals surface area contributed by atoms with Crippen molar-refractivity contribution in [3.05, 3.63) is 41.5 Å². The summed E-state index contributed by atoms with van der Waals surface area (Å²) in [6.07, 6.45) is 2.01. The molecule has 2 N–H and O–H groups in total. The molecule has 0 unspecified atom stereocenters. The number of hydrogen-bond donors (Lipinski definition) is 2. The average molecular weight is 299 g/mol. The highest BCUT2D eigenvalue weighted by Gasteiger charge is 2.17. The zero-order chi connectivity index (χ0) is 15.5. The third kappa shape index (κ3) is 2.98. The van der Waals surface area contributed by atoms with E-state index < -0.39 is 0 Å². The predicted octanol–water partition coefficient (Wildman–Crippen LogP) is 1.75. The SMILES string of the molecule is CC(=O)c1cccc(NC(=O)NCc2nnc3n2CCC3)c1. The molecule has 2 amide bonds. The second-order valence-electron chi connectivity index (χ2n) is 5.23. The second-order valence-corrected chi connectivity index (χ2v) is 5.23. The van der Waals surface area contributed by atoms with E-state index in [2.05, 4.69) is 20.8 Å². The van der Waals surface area contributed by atoms with E-state index in [4.69, 9.17) is 0 Å². The van der Waals surface area contributed by atoms with Gasteiger partial charge in [-0.25, -0.2) is 4.79 Å². The molecule has 114 valence electrons. The average Bonchev–Trinajstić information content (AvgIpc) is 3.09. The van der Waals surface area contributed by atoms with Crippen molar-refractivity contribution < 1.29 is 9.59 Å². The number of anilines is 1. The van der Waals surface area contributed by atoms with Crippen LogP contribution in [0.4, 0.5) is 10.5 Å². The number of carbonyl (C=O) groups is 2. The first-order valence-electron chi connectivity index (χ1n) is 7.20. The second kappa shape index (κ2) is 5.97. The minimum Gasteiger partial charge on any atom is -0.331 e. The van der Waals surface area contributed by atoms with Gasteiger partial charge < -0.3 is 15.2 Å². The van der Waals surface area contributed by atoms with Crippen molar-refractivity contribution in [2.75, 3.05) is 5.32 Å². The minimum absolute atomic E-state index is 0.0388. The Kier molecular flexibility index (Phi) is 3.86. The highest BCUT2D eigenvalue weighted by molar-refractivity contribution is 5.96. The maximum absolute atomic E-state index is 11.9. The number of ketones is 1. The number of amides is 2.